The van der Waals surface area contributed by atoms with Gasteiger partial charge in [-0.15, -0.1) is 0 Å². The molecule has 1 aliphatic carbocycles. The maximum atomic E-state index is 12.6. The number of nitrogens with zero attached hydrogens (tertiary/aromatic N) is 1. The predicted molar refractivity (Wildman–Crippen MR) is 122 cm³/mol. The minimum absolute atomic E-state index is 0.152. The van der Waals surface area contributed by atoms with Gasteiger partial charge in [0.15, 0.2) is 0 Å². The van der Waals surface area contributed by atoms with Crippen molar-refractivity contribution in [2.75, 3.05) is 26.8 Å². The van der Waals surface area contributed by atoms with E-state index in [1.807, 2.05) is 17.0 Å². The van der Waals surface area contributed by atoms with Crippen LogP contribution in [-0.4, -0.2) is 59.9 Å². The topological polar surface area (TPSA) is 96.3 Å². The molecule has 2 N–H and O–H groups in total. The number of aromatic carboxylic acids is 1. The molecule has 174 valence electrons. The minimum atomic E-state index is -1.18. The Hall–Kier alpha value is -3.06. The van der Waals surface area contributed by atoms with Crippen molar-refractivity contribution in [1.82, 2.24) is 4.90 Å². The van der Waals surface area contributed by atoms with E-state index in [1.165, 1.54) is 24.8 Å². The molecule has 1 spiro atoms. The number of ether oxygens (including phenoxy) is 2. The molecule has 3 fully saturated rings. The third-order valence-corrected chi connectivity index (χ3v) is 7.64. The quantitative estimate of drug-likeness (QED) is 0.712. The maximum Gasteiger partial charge on any atom is 0.339 e. The van der Waals surface area contributed by atoms with Gasteiger partial charge in [0.25, 0.3) is 5.91 Å². The average Bonchev–Trinajstić information content (AvgIpc) is 3.24. The van der Waals surface area contributed by atoms with Gasteiger partial charge in [-0.05, 0) is 60.6 Å². The van der Waals surface area contributed by atoms with Crippen LogP contribution in [0.15, 0.2) is 36.4 Å². The van der Waals surface area contributed by atoms with E-state index in [9.17, 15) is 19.8 Å². The fraction of sp³-hybridized carbons (Fsp3) is 0.462. The zero-order chi connectivity index (χ0) is 23.2. The molecule has 0 radical (unpaired) electrons. The zero-order valence-electron chi connectivity index (χ0n) is 18.8. The van der Waals surface area contributed by atoms with Crippen LogP contribution in [0.3, 0.4) is 0 Å². The van der Waals surface area contributed by atoms with Gasteiger partial charge in [0, 0.05) is 31.3 Å². The Labute approximate surface area is 192 Å². The molecule has 1 saturated carbocycles. The van der Waals surface area contributed by atoms with E-state index in [1.54, 1.807) is 0 Å². The largest absolute Gasteiger partial charge is 0.507 e. The number of hydrogen-bond donors (Lipinski definition) is 2. The summed E-state index contributed by atoms with van der Waals surface area (Å²) in [5.41, 5.74) is 2.87. The SMILES string of the molecule is COc1cc(O)c(C(=O)O)cc1-c1ccc([C@H]2CC23CCN(C(=O)[C@H]2CCCO2)CC3)cc1. The Morgan fingerprint density at radius 1 is 1.15 bits per heavy atom. The molecule has 1 amide bonds. The van der Waals surface area contributed by atoms with E-state index in [0.717, 1.165) is 50.8 Å². The molecule has 2 aliphatic heterocycles. The lowest BCUT2D eigenvalue weighted by Gasteiger charge is -2.34. The number of rotatable bonds is 5. The number of aromatic hydroxyl groups is 1. The molecule has 0 unspecified atom stereocenters. The highest BCUT2D eigenvalue weighted by atomic mass is 16.5. The second-order valence-corrected chi connectivity index (χ2v) is 9.44. The Balaban J connectivity index is 1.28. The number of phenols is 1. The Morgan fingerprint density at radius 2 is 1.88 bits per heavy atom. The third-order valence-electron chi connectivity index (χ3n) is 7.64. The number of hydrogen-bond acceptors (Lipinski definition) is 5. The van der Waals surface area contributed by atoms with Crippen molar-refractivity contribution in [3.8, 4) is 22.6 Å². The molecule has 0 aromatic heterocycles. The zero-order valence-corrected chi connectivity index (χ0v) is 18.8. The van der Waals surface area contributed by atoms with E-state index in [4.69, 9.17) is 9.47 Å². The summed E-state index contributed by atoms with van der Waals surface area (Å²) < 4.78 is 10.9. The Morgan fingerprint density at radius 3 is 2.48 bits per heavy atom. The summed E-state index contributed by atoms with van der Waals surface area (Å²) in [7, 11) is 1.50. The van der Waals surface area contributed by atoms with E-state index in [0.29, 0.717) is 23.8 Å². The van der Waals surface area contributed by atoms with E-state index < -0.39 is 5.97 Å². The van der Waals surface area contributed by atoms with Crippen LogP contribution in [0.1, 0.15) is 53.9 Å². The first-order valence-corrected chi connectivity index (χ1v) is 11.6. The average molecular weight is 452 g/mol. The number of amides is 1. The number of carbonyl (C=O) groups excluding carboxylic acids is 1. The Bertz CT molecular complexity index is 1060. The number of carbonyl (C=O) groups is 2. The minimum Gasteiger partial charge on any atom is -0.507 e. The van der Waals surface area contributed by atoms with Crippen LogP contribution < -0.4 is 4.74 Å². The van der Waals surface area contributed by atoms with Gasteiger partial charge < -0.3 is 24.6 Å². The van der Waals surface area contributed by atoms with Crippen molar-refractivity contribution in [1.29, 1.82) is 0 Å². The molecule has 33 heavy (non-hydrogen) atoms. The highest BCUT2D eigenvalue weighted by molar-refractivity contribution is 5.93. The van der Waals surface area contributed by atoms with Gasteiger partial charge in [-0.3, -0.25) is 4.79 Å². The summed E-state index contributed by atoms with van der Waals surface area (Å²) in [6.07, 6.45) is 4.76. The van der Waals surface area contributed by atoms with E-state index in [2.05, 4.69) is 12.1 Å². The van der Waals surface area contributed by atoms with Gasteiger partial charge in [-0.1, -0.05) is 24.3 Å². The fourth-order valence-electron chi connectivity index (χ4n) is 5.55. The molecule has 2 atom stereocenters. The van der Waals surface area contributed by atoms with E-state index >= 15 is 0 Å². The van der Waals surface area contributed by atoms with Gasteiger partial charge in [0.1, 0.15) is 23.2 Å². The number of piperidine rings is 1. The monoisotopic (exact) mass is 451 g/mol. The number of benzene rings is 2. The van der Waals surface area contributed by atoms with Gasteiger partial charge in [-0.25, -0.2) is 4.79 Å². The van der Waals surface area contributed by atoms with Crippen LogP contribution in [-0.2, 0) is 9.53 Å². The molecule has 7 heteroatoms. The molecule has 2 saturated heterocycles. The molecular weight excluding hydrogens is 422 g/mol. The lowest BCUT2D eigenvalue weighted by atomic mass is 9.88. The lowest BCUT2D eigenvalue weighted by Crippen LogP contribution is -2.44. The highest BCUT2D eigenvalue weighted by Crippen LogP contribution is 2.65. The molecule has 2 aromatic carbocycles. The van der Waals surface area contributed by atoms with E-state index in [-0.39, 0.29) is 28.7 Å². The van der Waals surface area contributed by atoms with Crippen molar-refractivity contribution < 1.29 is 29.3 Å². The van der Waals surface area contributed by atoms with Crippen LogP contribution in [0.5, 0.6) is 11.5 Å². The van der Waals surface area contributed by atoms with Crippen LogP contribution in [0.4, 0.5) is 0 Å². The number of carboxylic acid groups (broad SMARTS) is 1. The third kappa shape index (κ3) is 3.95. The molecule has 0 bridgehead atoms. The number of likely N-dealkylation sites (tertiary alicyclic amines) is 1. The molecule has 3 aliphatic rings. The summed E-state index contributed by atoms with van der Waals surface area (Å²) in [6.45, 7) is 2.30. The van der Waals surface area contributed by atoms with Gasteiger partial charge >= 0.3 is 5.97 Å². The first-order chi connectivity index (χ1) is 15.9. The molecular formula is C26H29NO6. The summed E-state index contributed by atoms with van der Waals surface area (Å²) in [4.78, 5) is 26.1. The molecule has 2 aromatic rings. The van der Waals surface area contributed by atoms with Crippen molar-refractivity contribution >= 4 is 11.9 Å². The number of carboxylic acids is 1. The van der Waals surface area contributed by atoms with Crippen LogP contribution >= 0.6 is 0 Å². The second kappa shape index (κ2) is 8.37. The van der Waals surface area contributed by atoms with Gasteiger partial charge in [0.05, 0.1) is 7.11 Å². The van der Waals surface area contributed by atoms with Crippen molar-refractivity contribution in [2.24, 2.45) is 5.41 Å². The first-order valence-electron chi connectivity index (χ1n) is 11.6. The summed E-state index contributed by atoms with van der Waals surface area (Å²) >= 11 is 0. The standard InChI is InChI=1S/C26H29NO6/c1-32-23-14-21(28)19(25(30)31)13-18(23)16-4-6-17(7-5-16)20-15-26(20)8-10-27(11-9-26)24(29)22-3-2-12-33-22/h4-7,13-14,20,22,28H,2-3,8-12,15H2,1H3,(H,30,31)/t20-,22-/m1/s1. The molecule has 2 heterocycles. The van der Waals surface area contributed by atoms with Gasteiger partial charge in [-0.2, -0.15) is 0 Å². The van der Waals surface area contributed by atoms with Crippen molar-refractivity contribution in [3.05, 3.63) is 47.5 Å². The summed E-state index contributed by atoms with van der Waals surface area (Å²) in [5.74, 6) is -0.423. The van der Waals surface area contributed by atoms with Crippen molar-refractivity contribution in [2.45, 2.75) is 44.1 Å². The smallest absolute Gasteiger partial charge is 0.339 e. The van der Waals surface area contributed by atoms with Crippen LogP contribution in [0.2, 0.25) is 0 Å². The van der Waals surface area contributed by atoms with Crippen LogP contribution in [0.25, 0.3) is 11.1 Å². The van der Waals surface area contributed by atoms with Crippen molar-refractivity contribution in [3.63, 3.8) is 0 Å². The highest BCUT2D eigenvalue weighted by Gasteiger charge is 2.55. The Kier molecular flexibility index (Phi) is 5.52. The molecule has 5 rings (SSSR count). The first kappa shape index (κ1) is 21.8. The maximum absolute atomic E-state index is 12.6. The molecule has 7 nitrogen and oxygen atoms in total. The normalized spacial score (nSPS) is 23.5. The van der Waals surface area contributed by atoms with Crippen LogP contribution in [0, 0.1) is 5.41 Å². The second-order valence-electron chi connectivity index (χ2n) is 9.44. The number of methoxy groups -OCH3 is 1. The predicted octanol–water partition coefficient (Wildman–Crippen LogP) is 4.04. The fourth-order valence-corrected chi connectivity index (χ4v) is 5.55. The lowest BCUT2D eigenvalue weighted by molar-refractivity contribution is -0.142. The summed E-state index contributed by atoms with van der Waals surface area (Å²) in [5, 5.41) is 19.3. The van der Waals surface area contributed by atoms with Gasteiger partial charge in [0.2, 0.25) is 0 Å². The summed E-state index contributed by atoms with van der Waals surface area (Å²) in [6, 6.07) is 11.0.